The summed E-state index contributed by atoms with van der Waals surface area (Å²) >= 11 is 0. The van der Waals surface area contributed by atoms with Gasteiger partial charge in [-0.25, -0.2) is 0 Å². The molecule has 0 radical (unpaired) electrons. The van der Waals surface area contributed by atoms with E-state index in [4.69, 9.17) is 14.2 Å². The first-order valence-corrected chi connectivity index (χ1v) is 32.8. The first-order valence-electron chi connectivity index (χ1n) is 32.8. The second-order valence-electron chi connectivity index (χ2n) is 22.4. The molecule has 0 aliphatic carbocycles. The lowest BCUT2D eigenvalue weighted by Gasteiger charge is -2.18. The van der Waals surface area contributed by atoms with Gasteiger partial charge in [-0.1, -0.05) is 302 Å². The molecule has 0 saturated carbocycles. The van der Waals surface area contributed by atoms with Crippen LogP contribution in [0.25, 0.3) is 0 Å². The SMILES string of the molecule is CCCCCCCC/C=C\CCCCCCCCCCCC(=O)OC[C@H](COC(=O)CCCCCCCCCCCCCCCCCCCCC)OC(=O)CCCCCCCCC/C=C\CCCCCCCC. The molecular formula is C67H126O6. The van der Waals surface area contributed by atoms with Gasteiger partial charge in [0.15, 0.2) is 6.10 Å². The molecule has 0 amide bonds. The lowest BCUT2D eigenvalue weighted by Crippen LogP contribution is -2.30. The molecule has 0 spiro atoms. The topological polar surface area (TPSA) is 78.9 Å². The Balaban J connectivity index is 4.32. The van der Waals surface area contributed by atoms with Crippen LogP contribution in [0.5, 0.6) is 0 Å². The summed E-state index contributed by atoms with van der Waals surface area (Å²) in [5.41, 5.74) is 0. The van der Waals surface area contributed by atoms with Crippen molar-refractivity contribution >= 4 is 17.9 Å². The maximum Gasteiger partial charge on any atom is 0.306 e. The lowest BCUT2D eigenvalue weighted by molar-refractivity contribution is -0.167. The number of hydrogen-bond acceptors (Lipinski definition) is 6. The predicted molar refractivity (Wildman–Crippen MR) is 316 cm³/mol. The predicted octanol–water partition coefficient (Wildman–Crippen LogP) is 22.2. The Morgan fingerprint density at radius 1 is 0.260 bits per heavy atom. The first kappa shape index (κ1) is 70.9. The average Bonchev–Trinajstić information content (AvgIpc) is 3.39. The van der Waals surface area contributed by atoms with Gasteiger partial charge in [0.1, 0.15) is 13.2 Å². The van der Waals surface area contributed by atoms with Crippen LogP contribution in [-0.4, -0.2) is 37.2 Å². The van der Waals surface area contributed by atoms with Gasteiger partial charge in [-0.15, -0.1) is 0 Å². The molecule has 6 nitrogen and oxygen atoms in total. The third kappa shape index (κ3) is 60.6. The summed E-state index contributed by atoms with van der Waals surface area (Å²) < 4.78 is 17.0. The smallest absolute Gasteiger partial charge is 0.306 e. The molecule has 73 heavy (non-hydrogen) atoms. The van der Waals surface area contributed by atoms with Gasteiger partial charge in [-0.2, -0.15) is 0 Å². The van der Waals surface area contributed by atoms with Crippen molar-refractivity contribution < 1.29 is 28.6 Å². The highest BCUT2D eigenvalue weighted by Gasteiger charge is 2.19. The summed E-state index contributed by atoms with van der Waals surface area (Å²) in [5.74, 6) is -0.847. The Labute approximate surface area is 455 Å². The van der Waals surface area contributed by atoms with Crippen LogP contribution in [0, 0.1) is 0 Å². The van der Waals surface area contributed by atoms with Gasteiger partial charge in [-0.3, -0.25) is 14.4 Å². The highest BCUT2D eigenvalue weighted by Crippen LogP contribution is 2.18. The zero-order chi connectivity index (χ0) is 52.9. The summed E-state index contributed by atoms with van der Waals surface area (Å²) in [6, 6.07) is 0. The molecule has 0 bridgehead atoms. The van der Waals surface area contributed by atoms with Gasteiger partial charge < -0.3 is 14.2 Å². The van der Waals surface area contributed by atoms with E-state index in [1.54, 1.807) is 0 Å². The van der Waals surface area contributed by atoms with Crippen LogP contribution in [0.15, 0.2) is 24.3 Å². The number of esters is 3. The van der Waals surface area contributed by atoms with Gasteiger partial charge in [0.05, 0.1) is 0 Å². The summed E-state index contributed by atoms with van der Waals surface area (Å²) in [7, 11) is 0. The second-order valence-corrected chi connectivity index (χ2v) is 22.4. The minimum absolute atomic E-state index is 0.0683. The molecule has 0 fully saturated rings. The fraction of sp³-hybridized carbons (Fsp3) is 0.896. The van der Waals surface area contributed by atoms with Gasteiger partial charge in [0.25, 0.3) is 0 Å². The van der Waals surface area contributed by atoms with Crippen molar-refractivity contribution in [3.8, 4) is 0 Å². The van der Waals surface area contributed by atoms with Crippen molar-refractivity contribution in [2.75, 3.05) is 13.2 Å². The summed E-state index contributed by atoms with van der Waals surface area (Å²) in [6.07, 6.45) is 74.7. The Hall–Kier alpha value is -2.11. The van der Waals surface area contributed by atoms with Crippen LogP contribution in [0.2, 0.25) is 0 Å². The maximum atomic E-state index is 12.9. The lowest BCUT2D eigenvalue weighted by atomic mass is 10.0. The monoisotopic (exact) mass is 1030 g/mol. The van der Waals surface area contributed by atoms with Crippen LogP contribution < -0.4 is 0 Å². The highest BCUT2D eigenvalue weighted by atomic mass is 16.6. The zero-order valence-electron chi connectivity index (χ0n) is 49.4. The number of unbranched alkanes of at least 4 members (excludes halogenated alkanes) is 46. The van der Waals surface area contributed by atoms with Gasteiger partial charge >= 0.3 is 17.9 Å². The number of carbonyl (C=O) groups is 3. The van der Waals surface area contributed by atoms with Gasteiger partial charge in [-0.05, 0) is 70.6 Å². The third-order valence-corrected chi connectivity index (χ3v) is 14.9. The standard InChI is InChI=1S/C67H126O6/c1-4-7-10-13-16-19-22-25-28-31-33-36-38-41-44-47-50-53-56-59-65(68)71-62-64(73-67(70)61-58-55-52-49-46-43-40-35-30-27-24-21-18-15-12-9-6-3)63-72-66(69)60-57-54-51-48-45-42-39-37-34-32-29-26-23-20-17-14-11-8-5-2/h25,27-28,30,64H,4-24,26,29,31-63H2,1-3H3/b28-25-,30-27-/t64-/m1/s1. The molecule has 0 aromatic carbocycles. The van der Waals surface area contributed by atoms with Crippen LogP contribution in [0.4, 0.5) is 0 Å². The fourth-order valence-corrected chi connectivity index (χ4v) is 9.97. The van der Waals surface area contributed by atoms with Crippen molar-refractivity contribution in [1.82, 2.24) is 0 Å². The Kier molecular flexibility index (Phi) is 60.6. The van der Waals surface area contributed by atoms with E-state index in [-0.39, 0.29) is 31.1 Å². The van der Waals surface area contributed by atoms with Crippen LogP contribution in [0.3, 0.4) is 0 Å². The number of rotatable bonds is 61. The molecule has 0 aromatic heterocycles. The summed E-state index contributed by atoms with van der Waals surface area (Å²) in [5, 5.41) is 0. The van der Waals surface area contributed by atoms with Crippen molar-refractivity contribution in [2.45, 2.75) is 374 Å². The quantitative estimate of drug-likeness (QED) is 0.0261. The van der Waals surface area contributed by atoms with Crippen molar-refractivity contribution in [2.24, 2.45) is 0 Å². The molecule has 0 aromatic rings. The summed E-state index contributed by atoms with van der Waals surface area (Å²) in [4.78, 5) is 38.4. The second kappa shape index (κ2) is 62.4. The summed E-state index contributed by atoms with van der Waals surface area (Å²) in [6.45, 7) is 6.70. The van der Waals surface area contributed by atoms with Gasteiger partial charge in [0, 0.05) is 19.3 Å². The zero-order valence-corrected chi connectivity index (χ0v) is 49.4. The molecule has 6 heteroatoms. The highest BCUT2D eigenvalue weighted by molar-refractivity contribution is 5.71. The fourth-order valence-electron chi connectivity index (χ4n) is 9.97. The van der Waals surface area contributed by atoms with Crippen molar-refractivity contribution in [1.29, 1.82) is 0 Å². The molecule has 0 saturated heterocycles. The molecule has 0 heterocycles. The number of ether oxygens (including phenoxy) is 3. The molecular weight excluding hydrogens is 901 g/mol. The molecule has 1 atom stereocenters. The van der Waals surface area contributed by atoms with E-state index < -0.39 is 6.10 Å². The minimum Gasteiger partial charge on any atom is -0.462 e. The number of allylic oxidation sites excluding steroid dienone is 4. The van der Waals surface area contributed by atoms with E-state index in [0.29, 0.717) is 19.3 Å². The van der Waals surface area contributed by atoms with E-state index in [9.17, 15) is 14.4 Å². The normalized spacial score (nSPS) is 12.1. The molecule has 430 valence electrons. The van der Waals surface area contributed by atoms with Crippen LogP contribution in [0.1, 0.15) is 367 Å². The average molecular weight is 1030 g/mol. The van der Waals surface area contributed by atoms with Crippen LogP contribution in [-0.2, 0) is 28.6 Å². The minimum atomic E-state index is -0.772. The number of carbonyl (C=O) groups excluding carboxylic acids is 3. The van der Waals surface area contributed by atoms with E-state index >= 15 is 0 Å². The van der Waals surface area contributed by atoms with Crippen molar-refractivity contribution in [3.05, 3.63) is 24.3 Å². The first-order chi connectivity index (χ1) is 36.0. The molecule has 0 aliphatic heterocycles. The third-order valence-electron chi connectivity index (χ3n) is 14.9. The van der Waals surface area contributed by atoms with E-state index in [1.165, 1.54) is 270 Å². The maximum absolute atomic E-state index is 12.9. The molecule has 0 rings (SSSR count). The van der Waals surface area contributed by atoms with Crippen LogP contribution >= 0.6 is 0 Å². The Morgan fingerprint density at radius 3 is 0.685 bits per heavy atom. The van der Waals surface area contributed by atoms with Gasteiger partial charge in [0.2, 0.25) is 0 Å². The van der Waals surface area contributed by atoms with E-state index in [1.807, 2.05) is 0 Å². The largest absolute Gasteiger partial charge is 0.462 e. The molecule has 0 N–H and O–H groups in total. The Morgan fingerprint density at radius 2 is 0.452 bits per heavy atom. The molecule has 0 aliphatic rings. The van der Waals surface area contributed by atoms with Crippen molar-refractivity contribution in [3.63, 3.8) is 0 Å². The van der Waals surface area contributed by atoms with E-state index in [2.05, 4.69) is 45.1 Å². The number of hydrogen-bond donors (Lipinski definition) is 0. The van der Waals surface area contributed by atoms with E-state index in [0.717, 1.165) is 57.8 Å². The Bertz CT molecular complexity index is 1180. The molecule has 0 unspecified atom stereocenters.